The number of hydrogen-bond donors (Lipinski definition) is 16. The van der Waals surface area contributed by atoms with E-state index in [9.17, 15) is 95.9 Å². The number of carbonyl (C=O) groups excluding carboxylic acids is 20. The molecule has 46 heteroatoms. The SMILES string of the molecule is COc1ccc(Cl)cc1NC(=O)C1CCCN1C(=O)C(CC(N)=O)NC(=O)C1CCC(=O)N1.COc1cccc(NC(=O)C2CCCN2C(=O)C(CC(N)=O)NC(=O)C2CCC(=O)N2)c1.COc1ccccc1NC(=O)C1CCCN1C(=O)C(CC(N)=O)NC(=O)C1CCC(=O)N1.NC(=O)CC(NC(=O)C1CCC(=O)N1)C(=O)N1CCCC1C(=O)Nc1nccs1. The second-order valence-electron chi connectivity index (χ2n) is 30.4. The van der Waals surface area contributed by atoms with E-state index in [1.165, 1.54) is 58.3 Å². The maximum Gasteiger partial charge on any atom is 0.248 e. The molecule has 3 aromatic carbocycles. The van der Waals surface area contributed by atoms with Crippen molar-refractivity contribution in [1.82, 2.24) is 67.1 Å². The number of nitrogens with two attached hydrogens (primary N) is 4. The summed E-state index contributed by atoms with van der Waals surface area (Å²) in [6.45, 7) is 1.20. The van der Waals surface area contributed by atoms with E-state index in [1.54, 1.807) is 72.2 Å². The van der Waals surface area contributed by atoms with Crippen LogP contribution in [0.5, 0.6) is 17.2 Å². The lowest BCUT2D eigenvalue weighted by Gasteiger charge is -2.29. The number of methoxy groups -OCH3 is 3. The highest BCUT2D eigenvalue weighted by atomic mass is 35.5. The molecule has 8 fully saturated rings. The number of rotatable bonds is 31. The van der Waals surface area contributed by atoms with Crippen molar-refractivity contribution in [3.63, 3.8) is 0 Å². The molecule has 8 aliphatic rings. The first kappa shape index (κ1) is 96.2. The van der Waals surface area contributed by atoms with Crippen LogP contribution < -0.4 is 101 Å². The van der Waals surface area contributed by atoms with Crippen molar-refractivity contribution >= 4 is 163 Å². The number of likely N-dealkylation sites (tertiary alicyclic amines) is 4. The zero-order valence-electron chi connectivity index (χ0n) is 69.1. The molecule has 1 aromatic heterocycles. The normalized spacial score (nSPS) is 21.1. The van der Waals surface area contributed by atoms with Crippen LogP contribution in [-0.4, -0.2) is 263 Å². The van der Waals surface area contributed by atoms with Gasteiger partial charge >= 0.3 is 0 Å². The molecule has 0 bridgehead atoms. The Kier molecular flexibility index (Phi) is 34.9. The van der Waals surface area contributed by atoms with Crippen molar-refractivity contribution in [2.45, 2.75) is 201 Å². The second-order valence-corrected chi connectivity index (χ2v) is 31.7. The average molecular weight is 1790 g/mol. The smallest absolute Gasteiger partial charge is 0.248 e. The maximum absolute atomic E-state index is 13.2. The highest BCUT2D eigenvalue weighted by molar-refractivity contribution is 7.13. The molecule has 8 aliphatic heterocycles. The summed E-state index contributed by atoms with van der Waals surface area (Å²) in [4.78, 5) is 255. The molecule has 0 radical (unpaired) electrons. The van der Waals surface area contributed by atoms with Crippen molar-refractivity contribution in [2.75, 3.05) is 68.8 Å². The van der Waals surface area contributed by atoms with Gasteiger partial charge < -0.3 is 121 Å². The Bertz CT molecular complexity index is 4790. The minimum atomic E-state index is -1.25. The zero-order valence-corrected chi connectivity index (χ0v) is 70.7. The van der Waals surface area contributed by atoms with Crippen LogP contribution in [0.25, 0.3) is 0 Å². The lowest BCUT2D eigenvalue weighted by Crippen LogP contribution is -2.56. The third-order valence-corrected chi connectivity index (χ3v) is 22.4. The van der Waals surface area contributed by atoms with Crippen molar-refractivity contribution in [3.8, 4) is 17.2 Å². The van der Waals surface area contributed by atoms with Crippen LogP contribution in [0.1, 0.15) is 128 Å². The predicted molar refractivity (Wildman–Crippen MR) is 447 cm³/mol. The molecule has 12 unspecified atom stereocenters. The third-order valence-electron chi connectivity index (χ3n) is 21.5. The lowest BCUT2D eigenvalue weighted by atomic mass is 10.1. The van der Waals surface area contributed by atoms with Crippen LogP contribution in [0.2, 0.25) is 5.02 Å². The molecule has 0 spiro atoms. The summed E-state index contributed by atoms with van der Waals surface area (Å²) < 4.78 is 15.6. The number of para-hydroxylation sites is 2. The Labute approximate surface area is 730 Å². The first-order valence-corrected chi connectivity index (χ1v) is 41.9. The van der Waals surface area contributed by atoms with E-state index in [-0.39, 0.29) is 67.7 Å². The summed E-state index contributed by atoms with van der Waals surface area (Å²) in [7, 11) is 4.46. The number of primary amides is 4. The summed E-state index contributed by atoms with van der Waals surface area (Å²) in [6, 6.07) is 7.43. The van der Waals surface area contributed by atoms with Gasteiger partial charge in [0.1, 0.15) is 89.8 Å². The molecule has 678 valence electrons. The van der Waals surface area contributed by atoms with Gasteiger partial charge in [0.25, 0.3) is 0 Å². The third kappa shape index (κ3) is 26.9. The molecular weight excluding hydrogens is 1690 g/mol. The number of aromatic nitrogens is 1. The quantitative estimate of drug-likeness (QED) is 0.0241. The number of thiazole rings is 1. The monoisotopic (exact) mass is 1790 g/mol. The standard InChI is InChI=1S/C21H26ClN5O6.2C21H27N5O6.C17H22N6O5S/c1-33-16-6-4-11(22)9-13(16)25-20(31)15-3-2-8-27(15)21(32)14(10-17(23)28)26-19(30)12-5-7-18(29)24-12;1-32-13-5-2-4-12(10-13)23-20(30)16-6-3-9-26(16)21(31)15(11-17(22)27)25-19(29)14-7-8-18(28)24-14;1-32-16-7-3-2-5-12(16)24-20(30)15-6-4-10-26(15)21(31)14(11-17(22)27)25-19(29)13-8-9-18(28)23-13;18-12(24)8-10(21-14(26)9-3-4-13(25)20-9)16(28)23-6-1-2-11(23)15(27)22-17-19-5-7-29-17/h4,6,9,12,14-15H,2-3,5,7-8,10H2,1H3,(H2,23,28)(H,24,29)(H,25,31)(H,26,30);2,4-5,10,14-16H,3,6-9,11H2,1H3,(H2,22,27)(H,23,30)(H,24,28)(H,25,29);2-3,5,7,13-15H,4,6,8-11H2,1H3,(H2,22,27)(H,23,28)(H,24,30)(H,25,29);5,7,9-11H,1-4,6,8H2,(H2,18,24)(H,20,25)(H,21,26)(H,19,22,27). The van der Waals surface area contributed by atoms with Crippen molar-refractivity contribution < 1.29 is 110 Å². The Balaban J connectivity index is 0.000000190. The van der Waals surface area contributed by atoms with Crippen molar-refractivity contribution in [3.05, 3.63) is 83.3 Å². The number of benzene rings is 3. The first-order chi connectivity index (χ1) is 60.1. The molecule has 0 saturated carbocycles. The van der Waals surface area contributed by atoms with Crippen LogP contribution in [0.3, 0.4) is 0 Å². The molecule has 9 heterocycles. The van der Waals surface area contributed by atoms with Gasteiger partial charge in [-0.25, -0.2) is 4.98 Å². The molecule has 20 amide bonds. The lowest BCUT2D eigenvalue weighted by molar-refractivity contribution is -0.141. The topological polar surface area (TPSA) is 643 Å². The first-order valence-electron chi connectivity index (χ1n) is 40.6. The predicted octanol–water partition coefficient (Wildman–Crippen LogP) is -2.84. The average Bonchev–Trinajstić information content (AvgIpc) is 1.67. The number of carbonyl (C=O) groups is 20. The summed E-state index contributed by atoms with van der Waals surface area (Å²) in [5.74, 6) is -8.80. The molecule has 4 aromatic rings. The molecular formula is C80H102ClN21O23S. The number of amides is 20. The summed E-state index contributed by atoms with van der Waals surface area (Å²) in [5.41, 5.74) is 22.5. The Hall–Kier alpha value is -13.6. The molecule has 8 saturated heterocycles. The highest BCUT2D eigenvalue weighted by Crippen LogP contribution is 2.32. The van der Waals surface area contributed by atoms with Crippen LogP contribution in [0, 0.1) is 0 Å². The minimum Gasteiger partial charge on any atom is -0.497 e. The molecule has 20 N–H and O–H groups in total. The van der Waals surface area contributed by atoms with E-state index in [0.29, 0.717) is 141 Å². The van der Waals surface area contributed by atoms with Crippen molar-refractivity contribution in [1.29, 1.82) is 0 Å². The molecule has 126 heavy (non-hydrogen) atoms. The van der Waals surface area contributed by atoms with Gasteiger partial charge in [-0.3, -0.25) is 95.9 Å². The van der Waals surface area contributed by atoms with E-state index in [2.05, 4.69) is 68.8 Å². The number of ether oxygens (including phenoxy) is 3. The molecule has 12 atom stereocenters. The van der Waals surface area contributed by atoms with Gasteiger partial charge in [-0.1, -0.05) is 29.8 Å². The van der Waals surface area contributed by atoms with E-state index < -0.39 is 181 Å². The zero-order chi connectivity index (χ0) is 91.6. The van der Waals surface area contributed by atoms with Gasteiger partial charge in [-0.15, -0.1) is 11.3 Å². The van der Waals surface area contributed by atoms with Crippen LogP contribution in [0.15, 0.2) is 78.3 Å². The largest absolute Gasteiger partial charge is 0.497 e. The Morgan fingerprint density at radius 1 is 0.413 bits per heavy atom. The number of nitrogens with zero attached hydrogens (tertiary/aromatic N) is 5. The molecule has 0 aliphatic carbocycles. The Morgan fingerprint density at radius 3 is 1.08 bits per heavy atom. The second kappa shape index (κ2) is 45.7. The van der Waals surface area contributed by atoms with Gasteiger partial charge in [-0.2, -0.15) is 0 Å². The van der Waals surface area contributed by atoms with Crippen LogP contribution in [0.4, 0.5) is 22.2 Å². The number of halogens is 1. The molecule has 12 rings (SSSR count). The summed E-state index contributed by atoms with van der Waals surface area (Å²) in [5, 5.41) is 33.6. The van der Waals surface area contributed by atoms with Crippen LogP contribution in [-0.2, 0) is 95.9 Å². The van der Waals surface area contributed by atoms with Gasteiger partial charge in [0.05, 0.1) is 58.4 Å². The van der Waals surface area contributed by atoms with Gasteiger partial charge in [0, 0.05) is 80.2 Å². The van der Waals surface area contributed by atoms with Crippen molar-refractivity contribution in [2.24, 2.45) is 22.9 Å². The summed E-state index contributed by atoms with van der Waals surface area (Å²) in [6.07, 6.45) is 6.03. The number of anilines is 4. The number of hydrogen-bond acceptors (Lipinski definition) is 25. The van der Waals surface area contributed by atoms with Gasteiger partial charge in [-0.05, 0) is 120 Å². The summed E-state index contributed by atoms with van der Waals surface area (Å²) >= 11 is 7.27. The minimum absolute atomic E-state index is 0.202. The maximum atomic E-state index is 13.2. The fourth-order valence-electron chi connectivity index (χ4n) is 15.3. The highest BCUT2D eigenvalue weighted by Gasteiger charge is 2.45. The van der Waals surface area contributed by atoms with E-state index in [4.69, 9.17) is 48.7 Å². The fourth-order valence-corrected chi connectivity index (χ4v) is 16.0. The van der Waals surface area contributed by atoms with E-state index >= 15 is 0 Å². The van der Waals surface area contributed by atoms with Gasteiger partial charge in [0.15, 0.2) is 5.13 Å². The Morgan fingerprint density at radius 2 is 0.754 bits per heavy atom. The van der Waals surface area contributed by atoms with Gasteiger partial charge in [0.2, 0.25) is 118 Å². The van der Waals surface area contributed by atoms with Crippen LogP contribution >= 0.6 is 22.9 Å². The van der Waals surface area contributed by atoms with E-state index in [1.807, 2.05) is 0 Å². The molecule has 44 nitrogen and oxygen atoms in total. The number of nitrogens with one attached hydrogen (secondary N) is 12. The van der Waals surface area contributed by atoms with E-state index in [0.717, 1.165) is 0 Å². The fraction of sp³-hybridized carbons (Fsp3) is 0.487.